The third kappa shape index (κ3) is 6.54. The van der Waals surface area contributed by atoms with Gasteiger partial charge in [0.1, 0.15) is 5.75 Å². The van der Waals surface area contributed by atoms with Gasteiger partial charge in [0.15, 0.2) is 0 Å². The summed E-state index contributed by atoms with van der Waals surface area (Å²) >= 11 is 6.44. The van der Waals surface area contributed by atoms with Gasteiger partial charge in [0, 0.05) is 35.1 Å². The van der Waals surface area contributed by atoms with E-state index < -0.39 is 27.3 Å². The lowest BCUT2D eigenvalue weighted by atomic mass is 9.67. The molecule has 8 nitrogen and oxygen atoms in total. The van der Waals surface area contributed by atoms with E-state index in [1.54, 1.807) is 19.1 Å². The second kappa shape index (κ2) is 13.2. The Hall–Kier alpha value is -2.33. The Labute approximate surface area is 285 Å². The number of hydrogen-bond acceptors (Lipinski definition) is 7. The van der Waals surface area contributed by atoms with Gasteiger partial charge in [0.2, 0.25) is 10.0 Å². The summed E-state index contributed by atoms with van der Waals surface area (Å²) in [7, 11) is -3.95. The monoisotopic (exact) mass is 683 g/mol. The predicted molar refractivity (Wildman–Crippen MR) is 186 cm³/mol. The van der Waals surface area contributed by atoms with Crippen LogP contribution in [0.5, 0.6) is 5.75 Å². The van der Waals surface area contributed by atoms with Crippen molar-refractivity contribution in [3.63, 3.8) is 0 Å². The maximum atomic E-state index is 13.6. The number of nitrogens with zero attached hydrogens (tertiary/aromatic N) is 2. The molecular formula is C37H50ClN3O5S. The standard InChI is InChI=1S/C37H50ClN3O5S/c1-24-17-30(40-15-4-3-5-16-40)20-34(42)31-11-8-28(31)21-41-22-37(14-6-7-26-18-29(38)10-12-32(26)37)23-46-35-13-9-27(19-33(35)41)36(43)39-47(44,45)25(24)2/h9-10,12-13,18-19,24-25,28,30-31,34,42H,3-8,11,14-17,20-23H2,1-2H3,(H,39,43)/t24-,25+,28-,30+,31+,34-,37-/m0/s1. The summed E-state index contributed by atoms with van der Waals surface area (Å²) in [4.78, 5) is 18.5. The quantitative estimate of drug-likeness (QED) is 0.384. The van der Waals surface area contributed by atoms with Crippen molar-refractivity contribution in [2.75, 3.05) is 37.7 Å². The normalized spacial score (nSPS) is 34.6. The third-order valence-electron chi connectivity index (χ3n) is 12.3. The Morgan fingerprint density at radius 1 is 1.02 bits per heavy atom. The molecule has 7 rings (SSSR count). The van der Waals surface area contributed by atoms with Gasteiger partial charge in [-0.05, 0) is 137 Å². The van der Waals surface area contributed by atoms with Gasteiger partial charge in [0.05, 0.1) is 23.6 Å². The minimum Gasteiger partial charge on any atom is -0.490 e. The number of halogens is 1. The van der Waals surface area contributed by atoms with Crippen molar-refractivity contribution in [2.24, 2.45) is 17.8 Å². The summed E-state index contributed by atoms with van der Waals surface area (Å²) in [5.41, 5.74) is 3.40. The summed E-state index contributed by atoms with van der Waals surface area (Å²) in [6.45, 7) is 7.60. The molecule has 2 aromatic rings. The highest BCUT2D eigenvalue weighted by atomic mass is 35.5. The number of anilines is 1. The Morgan fingerprint density at radius 3 is 2.60 bits per heavy atom. The number of carbonyl (C=O) groups is 1. The fourth-order valence-corrected chi connectivity index (χ4v) is 10.7. The van der Waals surface area contributed by atoms with Gasteiger partial charge < -0.3 is 19.6 Å². The number of likely N-dealkylation sites (tertiary alicyclic amines) is 1. The number of amides is 1. The fourth-order valence-electron chi connectivity index (χ4n) is 9.21. The minimum absolute atomic E-state index is 0.0996. The van der Waals surface area contributed by atoms with E-state index in [0.29, 0.717) is 43.2 Å². The molecule has 2 aromatic carbocycles. The number of benzene rings is 2. The van der Waals surface area contributed by atoms with Crippen LogP contribution in [-0.2, 0) is 21.9 Å². The summed E-state index contributed by atoms with van der Waals surface area (Å²) in [5.74, 6) is 0.390. The lowest BCUT2D eigenvalue weighted by molar-refractivity contribution is -0.0128. The average Bonchev–Trinajstić information content (AvgIpc) is 3.18. The van der Waals surface area contributed by atoms with E-state index in [1.165, 1.54) is 17.5 Å². The van der Waals surface area contributed by atoms with Crippen LogP contribution < -0.4 is 14.4 Å². The molecule has 3 heterocycles. The van der Waals surface area contributed by atoms with Gasteiger partial charge in [-0.25, -0.2) is 13.1 Å². The number of carbonyl (C=O) groups excluding carboxylic acids is 1. The average molecular weight is 684 g/mol. The maximum absolute atomic E-state index is 13.6. The molecule has 7 atom stereocenters. The van der Waals surface area contributed by atoms with Gasteiger partial charge in [0.25, 0.3) is 5.91 Å². The first-order valence-corrected chi connectivity index (χ1v) is 19.7. The highest BCUT2D eigenvalue weighted by molar-refractivity contribution is 7.90. The van der Waals surface area contributed by atoms with E-state index in [9.17, 15) is 18.3 Å². The molecule has 0 aromatic heterocycles. The smallest absolute Gasteiger partial charge is 0.264 e. The van der Waals surface area contributed by atoms with Crippen molar-refractivity contribution >= 4 is 33.2 Å². The van der Waals surface area contributed by atoms with Crippen LogP contribution in [-0.4, -0.2) is 74.5 Å². The predicted octanol–water partition coefficient (Wildman–Crippen LogP) is 5.93. The minimum atomic E-state index is -3.95. The lowest BCUT2D eigenvalue weighted by Gasteiger charge is -2.47. The molecule has 5 aliphatic rings. The fraction of sp³-hybridized carbons (Fsp3) is 0.649. The van der Waals surface area contributed by atoms with E-state index in [0.717, 1.165) is 75.3 Å². The molecule has 0 radical (unpaired) electrons. The van der Waals surface area contributed by atoms with E-state index in [-0.39, 0.29) is 23.3 Å². The molecule has 2 fully saturated rings. The Kier molecular flexibility index (Phi) is 9.30. The van der Waals surface area contributed by atoms with Crippen molar-refractivity contribution in [1.82, 2.24) is 9.62 Å². The summed E-state index contributed by atoms with van der Waals surface area (Å²) in [6, 6.07) is 11.6. The topological polar surface area (TPSA) is 99.2 Å². The second-order valence-electron chi connectivity index (χ2n) is 15.2. The summed E-state index contributed by atoms with van der Waals surface area (Å²) in [5, 5.41) is 11.8. The lowest BCUT2D eigenvalue weighted by Crippen LogP contribution is -2.51. The SMILES string of the molecule is C[C@@H]1[C@@H](C)C[C@@H](N2CCCCC2)C[C@H](O)[C@@H]2CC[C@H]2CN2C[C@@]3(CCCc4cc(Cl)ccc43)COc3ccc(cc32)C(=O)NS1(=O)=O. The van der Waals surface area contributed by atoms with Crippen LogP contribution >= 0.6 is 11.6 Å². The highest BCUT2D eigenvalue weighted by Crippen LogP contribution is 2.47. The third-order valence-corrected chi connectivity index (χ3v) is 14.5. The summed E-state index contributed by atoms with van der Waals surface area (Å²) < 4.78 is 36.3. The van der Waals surface area contributed by atoms with E-state index in [2.05, 4.69) is 26.7 Å². The van der Waals surface area contributed by atoms with Crippen LogP contribution in [0.2, 0.25) is 5.02 Å². The molecule has 0 unspecified atom stereocenters. The molecule has 10 heteroatoms. The van der Waals surface area contributed by atoms with Gasteiger partial charge in [-0.1, -0.05) is 31.0 Å². The van der Waals surface area contributed by atoms with E-state index in [1.807, 2.05) is 19.1 Å². The summed E-state index contributed by atoms with van der Waals surface area (Å²) in [6.07, 6.45) is 9.36. The molecule has 3 aliphatic heterocycles. The van der Waals surface area contributed by atoms with Gasteiger partial charge in [-0.3, -0.25) is 4.79 Å². The molecular weight excluding hydrogens is 634 g/mol. The van der Waals surface area contributed by atoms with Crippen LogP contribution in [0.3, 0.4) is 0 Å². The molecule has 1 spiro atoms. The van der Waals surface area contributed by atoms with Gasteiger partial charge >= 0.3 is 0 Å². The van der Waals surface area contributed by atoms with Crippen molar-refractivity contribution < 1.29 is 23.1 Å². The van der Waals surface area contributed by atoms with Crippen LogP contribution in [0.1, 0.15) is 93.1 Å². The molecule has 1 amide bonds. The zero-order valence-electron chi connectivity index (χ0n) is 27.8. The van der Waals surface area contributed by atoms with E-state index in [4.69, 9.17) is 16.3 Å². The number of sulfonamides is 1. The van der Waals surface area contributed by atoms with Crippen LogP contribution in [0, 0.1) is 17.8 Å². The van der Waals surface area contributed by atoms with Crippen LogP contribution in [0.25, 0.3) is 0 Å². The number of fused-ring (bicyclic) bond motifs is 4. The number of rotatable bonds is 1. The van der Waals surface area contributed by atoms with Crippen molar-refractivity contribution in [1.29, 1.82) is 0 Å². The number of aliphatic hydroxyl groups is 1. The number of aryl methyl sites for hydroxylation is 1. The first-order chi connectivity index (χ1) is 22.5. The maximum Gasteiger partial charge on any atom is 0.264 e. The largest absolute Gasteiger partial charge is 0.490 e. The number of piperidine rings is 1. The number of ether oxygens (including phenoxy) is 1. The first-order valence-electron chi connectivity index (χ1n) is 17.8. The zero-order valence-corrected chi connectivity index (χ0v) is 29.4. The molecule has 1 saturated carbocycles. The number of nitrogens with one attached hydrogen (secondary N) is 1. The van der Waals surface area contributed by atoms with Crippen LogP contribution in [0.4, 0.5) is 5.69 Å². The number of hydrogen-bond donors (Lipinski definition) is 2. The Balaban J connectivity index is 1.27. The van der Waals surface area contributed by atoms with Gasteiger partial charge in [-0.2, -0.15) is 0 Å². The Bertz CT molecular complexity index is 1600. The van der Waals surface area contributed by atoms with Crippen LogP contribution in [0.15, 0.2) is 36.4 Å². The molecule has 2 N–H and O–H groups in total. The molecule has 47 heavy (non-hydrogen) atoms. The molecule has 1 saturated heterocycles. The number of aliphatic hydroxyl groups excluding tert-OH is 1. The van der Waals surface area contributed by atoms with Crippen molar-refractivity contribution in [3.8, 4) is 5.75 Å². The van der Waals surface area contributed by atoms with Crippen molar-refractivity contribution in [3.05, 3.63) is 58.1 Å². The highest BCUT2D eigenvalue weighted by Gasteiger charge is 2.45. The first kappa shape index (κ1) is 33.2. The second-order valence-corrected chi connectivity index (χ2v) is 17.7. The van der Waals surface area contributed by atoms with Crippen molar-refractivity contribution in [2.45, 2.75) is 101 Å². The molecule has 2 aliphatic carbocycles. The molecule has 256 valence electrons. The Morgan fingerprint density at radius 2 is 1.83 bits per heavy atom. The molecule has 2 bridgehead atoms. The van der Waals surface area contributed by atoms with Gasteiger partial charge in [-0.15, -0.1) is 0 Å². The zero-order chi connectivity index (χ0) is 32.9. The van der Waals surface area contributed by atoms with E-state index >= 15 is 0 Å².